The van der Waals surface area contributed by atoms with Crippen LogP contribution in [0.3, 0.4) is 0 Å². The van der Waals surface area contributed by atoms with E-state index >= 15 is 0 Å². The molecule has 0 saturated heterocycles. The van der Waals surface area contributed by atoms with Crippen molar-refractivity contribution in [1.29, 1.82) is 0 Å². The van der Waals surface area contributed by atoms with Gasteiger partial charge in [-0.1, -0.05) is 0 Å². The fraction of sp³-hybridized carbons (Fsp3) is 0.364. The first kappa shape index (κ1) is 11.5. The van der Waals surface area contributed by atoms with Crippen molar-refractivity contribution < 1.29 is 28.5 Å². The first-order valence-electron chi connectivity index (χ1n) is 4.83. The van der Waals surface area contributed by atoms with Crippen LogP contribution in [0.5, 0.6) is 0 Å². The first-order chi connectivity index (χ1) is 6.35. The van der Waals surface area contributed by atoms with E-state index < -0.39 is 0 Å². The predicted octanol–water partition coefficient (Wildman–Crippen LogP) is -1.03. The number of hydrogen-bond donors (Lipinski definition) is 0. The molecule has 2 aromatic rings. The molecule has 2 aromatic heterocycles. The van der Waals surface area contributed by atoms with Crippen molar-refractivity contribution in [2.24, 2.45) is 0 Å². The van der Waals surface area contributed by atoms with Gasteiger partial charge in [0.2, 0.25) is 0 Å². The molecule has 0 fully saturated rings. The van der Waals surface area contributed by atoms with E-state index in [2.05, 4.69) is 53.7 Å². The standard InChI is InChI=1S/C11H15N2.HI/c1-3-12-7-6-11-10(9-12)5-8-13(11)4-2;/h5-9H,3-4H2,1-2H3;1H/q+1;/p-1. The van der Waals surface area contributed by atoms with Gasteiger partial charge in [0.25, 0.3) is 0 Å². The Hall–Kier alpha value is -0.580. The molecule has 0 bridgehead atoms. The summed E-state index contributed by atoms with van der Waals surface area (Å²) in [6.45, 7) is 6.40. The summed E-state index contributed by atoms with van der Waals surface area (Å²) in [7, 11) is 0. The third-order valence-corrected chi connectivity index (χ3v) is 2.47. The quantitative estimate of drug-likeness (QED) is 0.496. The highest BCUT2D eigenvalue weighted by molar-refractivity contribution is 5.77. The molecule has 3 heteroatoms. The maximum absolute atomic E-state index is 2.26. The second kappa shape index (κ2) is 4.77. The smallest absolute Gasteiger partial charge is 0.178 e. The van der Waals surface area contributed by atoms with Gasteiger partial charge in [0, 0.05) is 18.8 Å². The predicted molar refractivity (Wildman–Crippen MR) is 53.5 cm³/mol. The van der Waals surface area contributed by atoms with E-state index in [1.54, 1.807) is 0 Å². The van der Waals surface area contributed by atoms with Gasteiger partial charge in [0.05, 0.1) is 10.9 Å². The molecule has 14 heavy (non-hydrogen) atoms. The van der Waals surface area contributed by atoms with Crippen LogP contribution in [-0.2, 0) is 13.1 Å². The summed E-state index contributed by atoms with van der Waals surface area (Å²) in [6.07, 6.45) is 6.47. The fourth-order valence-corrected chi connectivity index (χ4v) is 1.66. The SMILES string of the molecule is CCn1ccc2c[n+](CC)ccc21.[I-]. The van der Waals surface area contributed by atoms with E-state index in [9.17, 15) is 0 Å². The van der Waals surface area contributed by atoms with Gasteiger partial charge in [-0.25, -0.2) is 4.57 Å². The van der Waals surface area contributed by atoms with Gasteiger partial charge < -0.3 is 28.5 Å². The zero-order valence-corrected chi connectivity index (χ0v) is 10.7. The minimum absolute atomic E-state index is 0. The van der Waals surface area contributed by atoms with E-state index in [0.29, 0.717) is 0 Å². The Kier molecular flexibility index (Phi) is 3.92. The molecule has 2 heterocycles. The lowest BCUT2D eigenvalue weighted by Crippen LogP contribution is -3.00. The van der Waals surface area contributed by atoms with Crippen LogP contribution in [-0.4, -0.2) is 4.57 Å². The van der Waals surface area contributed by atoms with Gasteiger partial charge in [0.1, 0.15) is 6.54 Å². The van der Waals surface area contributed by atoms with Crippen LogP contribution in [0.15, 0.2) is 30.7 Å². The first-order valence-corrected chi connectivity index (χ1v) is 4.83. The lowest BCUT2D eigenvalue weighted by molar-refractivity contribution is -0.692. The number of aromatic nitrogens is 2. The van der Waals surface area contributed by atoms with Crippen LogP contribution in [0.1, 0.15) is 13.8 Å². The van der Waals surface area contributed by atoms with Gasteiger partial charge in [-0.15, -0.1) is 0 Å². The average Bonchev–Trinajstić information content (AvgIpc) is 2.59. The number of rotatable bonds is 2. The topological polar surface area (TPSA) is 8.81 Å². The van der Waals surface area contributed by atoms with E-state index in [0.717, 1.165) is 13.1 Å². The minimum Gasteiger partial charge on any atom is -1.00 e. The maximum atomic E-state index is 2.26. The van der Waals surface area contributed by atoms with E-state index in [1.165, 1.54) is 10.9 Å². The summed E-state index contributed by atoms with van der Waals surface area (Å²) in [5, 5.41) is 1.33. The average molecular weight is 302 g/mol. The Morgan fingerprint density at radius 2 is 2.07 bits per heavy atom. The molecular weight excluding hydrogens is 287 g/mol. The molecule has 0 amide bonds. The number of aryl methyl sites for hydroxylation is 2. The van der Waals surface area contributed by atoms with E-state index in [-0.39, 0.29) is 24.0 Å². The Bertz CT molecular complexity index is 420. The zero-order valence-electron chi connectivity index (χ0n) is 8.57. The highest BCUT2D eigenvalue weighted by Gasteiger charge is 2.03. The summed E-state index contributed by atoms with van der Waals surface area (Å²) in [5.74, 6) is 0. The fourth-order valence-electron chi connectivity index (χ4n) is 1.66. The molecule has 2 nitrogen and oxygen atoms in total. The van der Waals surface area contributed by atoms with Crippen LogP contribution >= 0.6 is 0 Å². The second-order valence-electron chi connectivity index (χ2n) is 3.22. The number of halogens is 1. The minimum atomic E-state index is 0. The Balaban J connectivity index is 0.000000980. The number of pyridine rings is 1. The molecular formula is C11H15IN2. The van der Waals surface area contributed by atoms with E-state index in [4.69, 9.17) is 0 Å². The molecule has 0 atom stereocenters. The van der Waals surface area contributed by atoms with Gasteiger partial charge in [-0.3, -0.25) is 0 Å². The molecule has 0 radical (unpaired) electrons. The molecule has 0 unspecified atom stereocenters. The third kappa shape index (κ3) is 1.92. The summed E-state index contributed by atoms with van der Waals surface area (Å²) in [6, 6.07) is 4.35. The third-order valence-electron chi connectivity index (χ3n) is 2.47. The Labute approximate surface area is 102 Å². The van der Waals surface area contributed by atoms with Crippen molar-refractivity contribution in [3.63, 3.8) is 0 Å². The zero-order chi connectivity index (χ0) is 9.26. The number of nitrogens with zero attached hydrogens (tertiary/aromatic N) is 2. The maximum Gasteiger partial charge on any atom is 0.178 e. The van der Waals surface area contributed by atoms with Crippen molar-refractivity contribution >= 4 is 10.9 Å². The highest BCUT2D eigenvalue weighted by Crippen LogP contribution is 2.12. The number of hydrogen-bond acceptors (Lipinski definition) is 0. The lowest BCUT2D eigenvalue weighted by Gasteiger charge is -1.98. The molecule has 0 aromatic carbocycles. The van der Waals surface area contributed by atoms with Gasteiger partial charge in [-0.2, -0.15) is 0 Å². The van der Waals surface area contributed by atoms with Crippen LogP contribution < -0.4 is 28.5 Å². The van der Waals surface area contributed by atoms with E-state index in [1.807, 2.05) is 0 Å². The highest BCUT2D eigenvalue weighted by atomic mass is 127. The van der Waals surface area contributed by atoms with Gasteiger partial charge in [-0.05, 0) is 19.9 Å². The molecule has 0 aliphatic heterocycles. The van der Waals surface area contributed by atoms with Gasteiger partial charge >= 0.3 is 0 Å². The van der Waals surface area contributed by atoms with Crippen LogP contribution in [0.4, 0.5) is 0 Å². The molecule has 0 spiro atoms. The van der Waals surface area contributed by atoms with Gasteiger partial charge in [0.15, 0.2) is 12.4 Å². The number of fused-ring (bicyclic) bond motifs is 1. The lowest BCUT2D eigenvalue weighted by atomic mass is 10.3. The van der Waals surface area contributed by atoms with Crippen molar-refractivity contribution in [2.75, 3.05) is 0 Å². The normalized spacial score (nSPS) is 10.1. The summed E-state index contributed by atoms with van der Waals surface area (Å²) >= 11 is 0. The largest absolute Gasteiger partial charge is 1.00 e. The van der Waals surface area contributed by atoms with Crippen LogP contribution in [0, 0.1) is 0 Å². The Morgan fingerprint density at radius 3 is 2.71 bits per heavy atom. The molecule has 0 aliphatic carbocycles. The Morgan fingerprint density at radius 1 is 1.29 bits per heavy atom. The molecule has 2 rings (SSSR count). The molecule has 76 valence electrons. The van der Waals surface area contributed by atoms with Crippen molar-refractivity contribution in [2.45, 2.75) is 26.9 Å². The van der Waals surface area contributed by atoms with Crippen molar-refractivity contribution in [1.82, 2.24) is 4.57 Å². The molecule has 0 N–H and O–H groups in total. The molecule has 0 aliphatic rings. The summed E-state index contributed by atoms with van der Waals surface area (Å²) < 4.78 is 4.46. The second-order valence-corrected chi connectivity index (χ2v) is 3.22. The monoisotopic (exact) mass is 302 g/mol. The van der Waals surface area contributed by atoms with Crippen LogP contribution in [0.25, 0.3) is 10.9 Å². The van der Waals surface area contributed by atoms with Crippen molar-refractivity contribution in [3.05, 3.63) is 30.7 Å². The summed E-state index contributed by atoms with van der Waals surface area (Å²) in [4.78, 5) is 0. The van der Waals surface area contributed by atoms with Crippen molar-refractivity contribution in [3.8, 4) is 0 Å². The summed E-state index contributed by atoms with van der Waals surface area (Å²) in [5.41, 5.74) is 1.33. The van der Waals surface area contributed by atoms with Crippen LogP contribution in [0.2, 0.25) is 0 Å². The molecule has 0 saturated carbocycles.